The number of benzene rings is 2. The number of halogens is 1. The minimum Gasteiger partial charge on any atom is -0.497 e. The normalized spacial score (nSPS) is 19.0. The molecule has 4 rings (SSSR count). The number of hydrogen-bond acceptors (Lipinski definition) is 5. The zero-order valence-electron chi connectivity index (χ0n) is 19.6. The van der Waals surface area contributed by atoms with Crippen LogP contribution in [0.1, 0.15) is 55.7 Å². The molecule has 0 spiro atoms. The third-order valence-electron chi connectivity index (χ3n) is 6.73. The second-order valence-electron chi connectivity index (χ2n) is 8.80. The van der Waals surface area contributed by atoms with Crippen LogP contribution in [0.15, 0.2) is 47.6 Å². The molecule has 0 bridgehead atoms. The van der Waals surface area contributed by atoms with Crippen molar-refractivity contribution in [1.29, 1.82) is 0 Å². The number of hydrazone groups is 1. The van der Waals surface area contributed by atoms with Gasteiger partial charge in [-0.1, -0.05) is 37.5 Å². The maximum absolute atomic E-state index is 14.6. The van der Waals surface area contributed by atoms with E-state index in [0.717, 1.165) is 18.4 Å². The predicted molar refractivity (Wildman–Crippen MR) is 126 cm³/mol. The minimum absolute atomic E-state index is 0.0997. The van der Waals surface area contributed by atoms with Crippen molar-refractivity contribution < 1.29 is 18.7 Å². The fourth-order valence-electron chi connectivity index (χ4n) is 4.87. The summed E-state index contributed by atoms with van der Waals surface area (Å²) in [6, 6.07) is 12.1. The molecule has 0 unspecified atom stereocenters. The molecule has 176 valence electrons. The van der Waals surface area contributed by atoms with Crippen LogP contribution in [0.5, 0.6) is 11.5 Å². The van der Waals surface area contributed by atoms with Gasteiger partial charge in [0.25, 0.3) is 5.91 Å². The summed E-state index contributed by atoms with van der Waals surface area (Å²) < 4.78 is 25.5. The van der Waals surface area contributed by atoms with E-state index < -0.39 is 0 Å². The standard InChI is InChI=1S/C26H32FN3O3/c1-29(18-9-5-4-6-10-18)17-26(31)30-24(21-14-13-19(32-2)15-25(21)33-3)16-23(28-30)20-11-7-8-12-22(20)27/h7-8,11-15,18,24H,4-6,9-10,16-17H2,1-3H3/t24-/m0/s1. The number of methoxy groups -OCH3 is 2. The van der Waals surface area contributed by atoms with Crippen LogP contribution >= 0.6 is 0 Å². The number of carbonyl (C=O) groups is 1. The molecule has 1 aliphatic heterocycles. The van der Waals surface area contributed by atoms with Crippen molar-refractivity contribution in [2.24, 2.45) is 5.10 Å². The summed E-state index contributed by atoms with van der Waals surface area (Å²) >= 11 is 0. The van der Waals surface area contributed by atoms with E-state index in [9.17, 15) is 9.18 Å². The Labute approximate surface area is 195 Å². The summed E-state index contributed by atoms with van der Waals surface area (Å²) in [6.45, 7) is 0.272. The highest BCUT2D eigenvalue weighted by atomic mass is 19.1. The van der Waals surface area contributed by atoms with Gasteiger partial charge in [0.2, 0.25) is 0 Å². The molecule has 6 nitrogen and oxygen atoms in total. The highest BCUT2D eigenvalue weighted by Crippen LogP contribution is 2.39. The fourth-order valence-corrected chi connectivity index (χ4v) is 4.87. The van der Waals surface area contributed by atoms with Gasteiger partial charge in [-0.2, -0.15) is 5.10 Å². The summed E-state index contributed by atoms with van der Waals surface area (Å²) in [7, 11) is 5.20. The lowest BCUT2D eigenvalue weighted by molar-refractivity contribution is -0.134. The molecule has 2 aromatic rings. The van der Waals surface area contributed by atoms with E-state index in [1.807, 2.05) is 19.2 Å². The van der Waals surface area contributed by atoms with Crippen molar-refractivity contribution in [3.63, 3.8) is 0 Å². The lowest BCUT2D eigenvalue weighted by Gasteiger charge is -2.32. The molecule has 0 N–H and O–H groups in total. The van der Waals surface area contributed by atoms with Crippen LogP contribution in [0.2, 0.25) is 0 Å². The van der Waals surface area contributed by atoms with E-state index in [4.69, 9.17) is 9.47 Å². The summed E-state index contributed by atoms with van der Waals surface area (Å²) in [5.41, 5.74) is 1.80. The Morgan fingerprint density at radius 3 is 2.58 bits per heavy atom. The van der Waals surface area contributed by atoms with Crippen LogP contribution in [0, 0.1) is 5.82 Å². The van der Waals surface area contributed by atoms with Gasteiger partial charge in [0.05, 0.1) is 32.5 Å². The quantitative estimate of drug-likeness (QED) is 0.605. The molecule has 0 radical (unpaired) electrons. The first-order chi connectivity index (χ1) is 16.0. The van der Waals surface area contributed by atoms with Gasteiger partial charge in [-0.3, -0.25) is 9.69 Å². The van der Waals surface area contributed by atoms with Crippen molar-refractivity contribution in [1.82, 2.24) is 9.91 Å². The number of ether oxygens (including phenoxy) is 2. The Bertz CT molecular complexity index is 1020. The third kappa shape index (κ3) is 5.03. The molecule has 1 heterocycles. The van der Waals surface area contributed by atoms with Crippen LogP contribution in [-0.4, -0.2) is 55.4 Å². The molecule has 7 heteroatoms. The highest BCUT2D eigenvalue weighted by molar-refractivity contribution is 6.03. The van der Waals surface area contributed by atoms with E-state index >= 15 is 0 Å². The summed E-state index contributed by atoms with van der Waals surface area (Å²) in [4.78, 5) is 15.6. The Morgan fingerprint density at radius 2 is 1.88 bits per heavy atom. The third-order valence-corrected chi connectivity index (χ3v) is 6.73. The van der Waals surface area contributed by atoms with Gasteiger partial charge in [-0.25, -0.2) is 9.40 Å². The number of nitrogens with zero attached hydrogens (tertiary/aromatic N) is 3. The van der Waals surface area contributed by atoms with Crippen LogP contribution in [0.4, 0.5) is 4.39 Å². The molecule has 0 saturated heterocycles. The topological polar surface area (TPSA) is 54.4 Å². The van der Waals surface area contributed by atoms with E-state index in [0.29, 0.717) is 35.2 Å². The molecular weight excluding hydrogens is 421 g/mol. The monoisotopic (exact) mass is 453 g/mol. The molecule has 1 saturated carbocycles. The Morgan fingerprint density at radius 1 is 1.12 bits per heavy atom. The molecule has 0 aromatic heterocycles. The zero-order valence-corrected chi connectivity index (χ0v) is 19.6. The van der Waals surface area contributed by atoms with Gasteiger partial charge >= 0.3 is 0 Å². The zero-order chi connectivity index (χ0) is 23.4. The van der Waals surface area contributed by atoms with Crippen molar-refractivity contribution in [2.75, 3.05) is 27.8 Å². The van der Waals surface area contributed by atoms with Gasteiger partial charge in [-0.05, 0) is 38.1 Å². The molecule has 2 aliphatic rings. The van der Waals surface area contributed by atoms with Gasteiger partial charge < -0.3 is 9.47 Å². The number of carbonyl (C=O) groups excluding carboxylic acids is 1. The summed E-state index contributed by atoms with van der Waals surface area (Å²) in [6.07, 6.45) is 6.30. The number of amides is 1. The average molecular weight is 454 g/mol. The van der Waals surface area contributed by atoms with E-state index in [1.165, 1.54) is 30.3 Å². The van der Waals surface area contributed by atoms with Crippen LogP contribution < -0.4 is 9.47 Å². The minimum atomic E-state index is -0.382. The van der Waals surface area contributed by atoms with Crippen molar-refractivity contribution in [3.05, 3.63) is 59.4 Å². The van der Waals surface area contributed by atoms with E-state index in [2.05, 4.69) is 10.0 Å². The highest BCUT2D eigenvalue weighted by Gasteiger charge is 2.36. The summed E-state index contributed by atoms with van der Waals surface area (Å²) in [5.74, 6) is 0.837. The first kappa shape index (κ1) is 23.2. The lowest BCUT2D eigenvalue weighted by Crippen LogP contribution is -2.42. The Balaban J connectivity index is 1.64. The van der Waals surface area contributed by atoms with Crippen molar-refractivity contribution in [3.8, 4) is 11.5 Å². The molecular formula is C26H32FN3O3. The van der Waals surface area contributed by atoms with Crippen LogP contribution in [0.25, 0.3) is 0 Å². The first-order valence-corrected chi connectivity index (χ1v) is 11.6. The number of hydrogen-bond donors (Lipinski definition) is 0. The molecule has 33 heavy (non-hydrogen) atoms. The largest absolute Gasteiger partial charge is 0.497 e. The number of rotatable bonds is 7. The van der Waals surface area contributed by atoms with Crippen LogP contribution in [0.3, 0.4) is 0 Å². The second kappa shape index (κ2) is 10.3. The average Bonchev–Trinajstić information content (AvgIpc) is 3.29. The van der Waals surface area contributed by atoms with Crippen molar-refractivity contribution in [2.45, 2.75) is 50.6 Å². The smallest absolute Gasteiger partial charge is 0.257 e. The fraction of sp³-hybridized carbons (Fsp3) is 0.462. The first-order valence-electron chi connectivity index (χ1n) is 11.6. The molecule has 1 aliphatic carbocycles. The predicted octanol–water partition coefficient (Wildman–Crippen LogP) is 4.79. The van der Waals surface area contributed by atoms with Gasteiger partial charge in [0.15, 0.2) is 0 Å². The van der Waals surface area contributed by atoms with Crippen molar-refractivity contribution >= 4 is 11.6 Å². The maximum Gasteiger partial charge on any atom is 0.257 e. The van der Waals surface area contributed by atoms with E-state index in [1.54, 1.807) is 38.5 Å². The second-order valence-corrected chi connectivity index (χ2v) is 8.80. The van der Waals surface area contributed by atoms with E-state index in [-0.39, 0.29) is 24.3 Å². The number of likely N-dealkylation sites (N-methyl/N-ethyl adjacent to an activating group) is 1. The lowest BCUT2D eigenvalue weighted by atomic mass is 9.94. The summed E-state index contributed by atoms with van der Waals surface area (Å²) in [5, 5.41) is 6.16. The molecule has 1 atom stereocenters. The van der Waals surface area contributed by atoms with Gasteiger partial charge in [0.1, 0.15) is 17.3 Å². The van der Waals surface area contributed by atoms with Gasteiger partial charge in [0, 0.05) is 29.7 Å². The molecule has 2 aromatic carbocycles. The Kier molecular flexibility index (Phi) is 7.28. The molecule has 1 fully saturated rings. The van der Waals surface area contributed by atoms with Crippen LogP contribution in [-0.2, 0) is 4.79 Å². The SMILES string of the molecule is COc1ccc([C@@H]2CC(c3ccccc3F)=NN2C(=O)CN(C)C2CCCCC2)c(OC)c1. The maximum atomic E-state index is 14.6. The molecule has 1 amide bonds. The van der Waals surface area contributed by atoms with Gasteiger partial charge in [-0.15, -0.1) is 0 Å². The Hall–Kier alpha value is -2.93.